The Kier molecular flexibility index (Phi) is 5.17. The van der Waals surface area contributed by atoms with Crippen LogP contribution >= 0.6 is 0 Å². The van der Waals surface area contributed by atoms with E-state index in [9.17, 15) is 14.9 Å². The molecule has 1 spiro atoms. The first kappa shape index (κ1) is 21.0. The third-order valence-corrected chi connectivity index (χ3v) is 7.04. The number of rotatable bonds is 4. The van der Waals surface area contributed by atoms with Gasteiger partial charge >= 0.3 is 5.97 Å². The summed E-state index contributed by atoms with van der Waals surface area (Å²) in [5.41, 5.74) is 0.102. The lowest BCUT2D eigenvalue weighted by atomic mass is 9.88. The second kappa shape index (κ2) is 7.89. The molecule has 168 valence electrons. The van der Waals surface area contributed by atoms with Gasteiger partial charge in [0.15, 0.2) is 0 Å². The Labute approximate surface area is 185 Å². The molecule has 7 nitrogen and oxygen atoms in total. The van der Waals surface area contributed by atoms with E-state index in [1.807, 2.05) is 9.47 Å². The molecule has 0 radical (unpaired) electrons. The zero-order chi connectivity index (χ0) is 22.5. The molecule has 2 saturated heterocycles. The Morgan fingerprint density at radius 2 is 2.19 bits per heavy atom. The number of anilines is 1. The predicted molar refractivity (Wildman–Crippen MR) is 119 cm³/mol. The Morgan fingerprint density at radius 1 is 1.38 bits per heavy atom. The second-order valence-corrected chi connectivity index (χ2v) is 9.16. The summed E-state index contributed by atoms with van der Waals surface area (Å²) in [5, 5.41) is 13.8. The molecular formula is C24H27FN4O3. The molecule has 0 bridgehead atoms. The Hall–Kier alpha value is -2.92. The van der Waals surface area contributed by atoms with Crippen LogP contribution < -0.4 is 15.6 Å². The van der Waals surface area contributed by atoms with Gasteiger partial charge in [-0.2, -0.15) is 5.26 Å². The number of piperidine rings is 1. The molecule has 1 saturated carbocycles. The minimum absolute atomic E-state index is 0.0453. The Bertz CT molecular complexity index is 1190. The maximum Gasteiger partial charge on any atom is 0.343 e. The zero-order valence-corrected chi connectivity index (χ0v) is 18.2. The fourth-order valence-electron chi connectivity index (χ4n) is 5.33. The SMILES string of the molecule is CCOC(=O)c1cn(C2CC2)c2c(C#N)c(N3CCC4(CCCCN4)C3)c(F)cc2c1=O. The van der Waals surface area contributed by atoms with Crippen LogP contribution in [0.2, 0.25) is 0 Å². The van der Waals surface area contributed by atoms with E-state index >= 15 is 4.39 Å². The number of nitriles is 1. The van der Waals surface area contributed by atoms with E-state index in [0.29, 0.717) is 18.6 Å². The summed E-state index contributed by atoms with van der Waals surface area (Å²) < 4.78 is 22.4. The van der Waals surface area contributed by atoms with Gasteiger partial charge in [-0.1, -0.05) is 6.42 Å². The summed E-state index contributed by atoms with van der Waals surface area (Å²) in [6.07, 6.45) is 7.49. The van der Waals surface area contributed by atoms with E-state index in [1.165, 1.54) is 12.3 Å². The molecule has 2 aromatic rings. The van der Waals surface area contributed by atoms with Crippen molar-refractivity contribution in [1.82, 2.24) is 9.88 Å². The van der Waals surface area contributed by atoms with Crippen LogP contribution in [-0.4, -0.2) is 42.3 Å². The topological polar surface area (TPSA) is 87.4 Å². The van der Waals surface area contributed by atoms with Gasteiger partial charge < -0.3 is 19.5 Å². The number of benzene rings is 1. The summed E-state index contributed by atoms with van der Waals surface area (Å²) in [4.78, 5) is 27.5. The summed E-state index contributed by atoms with van der Waals surface area (Å²) in [7, 11) is 0. The van der Waals surface area contributed by atoms with Gasteiger partial charge in [-0.05, 0) is 51.6 Å². The number of carbonyl (C=O) groups excluding carboxylic acids is 1. The normalized spacial score (nSPS) is 23.0. The van der Waals surface area contributed by atoms with Gasteiger partial charge in [0.05, 0.1) is 23.2 Å². The van der Waals surface area contributed by atoms with Crippen LogP contribution in [0.3, 0.4) is 0 Å². The monoisotopic (exact) mass is 438 g/mol. The molecule has 3 aliphatic rings. The van der Waals surface area contributed by atoms with Crippen molar-refractivity contribution in [1.29, 1.82) is 5.26 Å². The number of hydrogen-bond donors (Lipinski definition) is 1. The van der Waals surface area contributed by atoms with E-state index in [2.05, 4.69) is 11.4 Å². The lowest BCUT2D eigenvalue weighted by Crippen LogP contribution is -2.50. The first-order valence-electron chi connectivity index (χ1n) is 11.5. The van der Waals surface area contributed by atoms with Crippen LogP contribution in [-0.2, 0) is 4.74 Å². The third-order valence-electron chi connectivity index (χ3n) is 7.04. The molecule has 1 aromatic carbocycles. The molecule has 3 fully saturated rings. The minimum atomic E-state index is -0.721. The largest absolute Gasteiger partial charge is 0.462 e. The van der Waals surface area contributed by atoms with Crippen molar-refractivity contribution in [3.05, 3.63) is 39.4 Å². The summed E-state index contributed by atoms with van der Waals surface area (Å²) in [6, 6.07) is 3.48. The van der Waals surface area contributed by atoms with Crippen LogP contribution in [0.25, 0.3) is 10.9 Å². The van der Waals surface area contributed by atoms with E-state index in [-0.39, 0.29) is 40.4 Å². The average molecular weight is 439 g/mol. The highest BCUT2D eigenvalue weighted by molar-refractivity contribution is 5.97. The summed E-state index contributed by atoms with van der Waals surface area (Å²) in [6.45, 7) is 4.05. The number of nitrogens with zero attached hydrogens (tertiary/aromatic N) is 3. The molecule has 1 aromatic heterocycles. The van der Waals surface area contributed by atoms with Crippen molar-refractivity contribution in [2.45, 2.75) is 57.0 Å². The standard InChI is InChI=1S/C24H27FN4O3/c1-2-32-23(31)18-13-29(15-5-6-15)20-16(22(18)30)11-19(25)21(17(20)12-26)28-10-8-24(14-28)7-3-4-9-27-24/h11,13,15,27H,2-10,14H2,1H3. The van der Waals surface area contributed by atoms with Crippen molar-refractivity contribution in [2.75, 3.05) is 31.1 Å². The molecule has 3 heterocycles. The molecule has 32 heavy (non-hydrogen) atoms. The highest BCUT2D eigenvalue weighted by Crippen LogP contribution is 2.41. The quantitative estimate of drug-likeness (QED) is 0.738. The van der Waals surface area contributed by atoms with Gasteiger partial charge in [0.25, 0.3) is 0 Å². The number of carbonyl (C=O) groups is 1. The van der Waals surface area contributed by atoms with Crippen LogP contribution in [0.5, 0.6) is 0 Å². The number of pyridine rings is 1. The van der Waals surface area contributed by atoms with Gasteiger partial charge in [-0.15, -0.1) is 0 Å². The molecular weight excluding hydrogens is 411 g/mol. The number of hydrogen-bond acceptors (Lipinski definition) is 6. The molecule has 8 heteroatoms. The van der Waals surface area contributed by atoms with Gasteiger partial charge in [-0.3, -0.25) is 4.79 Å². The van der Waals surface area contributed by atoms with Gasteiger partial charge in [0, 0.05) is 30.9 Å². The fraction of sp³-hybridized carbons (Fsp3) is 0.542. The van der Waals surface area contributed by atoms with Crippen molar-refractivity contribution in [2.24, 2.45) is 0 Å². The van der Waals surface area contributed by atoms with Crippen LogP contribution in [0.4, 0.5) is 10.1 Å². The van der Waals surface area contributed by atoms with E-state index in [0.717, 1.165) is 45.1 Å². The molecule has 1 aliphatic carbocycles. The van der Waals surface area contributed by atoms with Crippen LogP contribution in [0.15, 0.2) is 17.1 Å². The first-order chi connectivity index (χ1) is 15.5. The lowest BCUT2D eigenvalue weighted by molar-refractivity contribution is 0.0524. The van der Waals surface area contributed by atoms with Gasteiger partial charge in [0.1, 0.15) is 23.0 Å². The molecule has 1 N–H and O–H groups in total. The highest BCUT2D eigenvalue weighted by Gasteiger charge is 2.41. The summed E-state index contributed by atoms with van der Waals surface area (Å²) >= 11 is 0. The van der Waals surface area contributed by atoms with E-state index < -0.39 is 17.2 Å². The second-order valence-electron chi connectivity index (χ2n) is 9.16. The van der Waals surface area contributed by atoms with Crippen molar-refractivity contribution < 1.29 is 13.9 Å². The minimum Gasteiger partial charge on any atom is -0.462 e. The first-order valence-corrected chi connectivity index (χ1v) is 11.5. The zero-order valence-electron chi connectivity index (χ0n) is 18.2. The number of ether oxygens (including phenoxy) is 1. The lowest BCUT2D eigenvalue weighted by Gasteiger charge is -2.35. The molecule has 5 rings (SSSR count). The molecule has 2 aliphatic heterocycles. The number of esters is 1. The number of fused-ring (bicyclic) bond motifs is 1. The highest BCUT2D eigenvalue weighted by atomic mass is 19.1. The van der Waals surface area contributed by atoms with Gasteiger partial charge in [0.2, 0.25) is 5.43 Å². The van der Waals surface area contributed by atoms with Crippen molar-refractivity contribution in [3.63, 3.8) is 0 Å². The maximum atomic E-state index is 15.5. The Balaban J connectivity index is 1.68. The maximum absolute atomic E-state index is 15.5. The molecule has 1 atom stereocenters. The number of halogens is 1. The predicted octanol–water partition coefficient (Wildman–Crippen LogP) is 3.25. The van der Waals surface area contributed by atoms with Crippen molar-refractivity contribution in [3.8, 4) is 6.07 Å². The van der Waals surface area contributed by atoms with E-state index in [1.54, 1.807) is 6.92 Å². The van der Waals surface area contributed by atoms with Gasteiger partial charge in [-0.25, -0.2) is 9.18 Å². The Morgan fingerprint density at radius 3 is 2.84 bits per heavy atom. The van der Waals surface area contributed by atoms with Crippen molar-refractivity contribution >= 4 is 22.6 Å². The smallest absolute Gasteiger partial charge is 0.343 e. The van der Waals surface area contributed by atoms with Crippen LogP contribution in [0.1, 0.15) is 67.4 Å². The number of aromatic nitrogens is 1. The number of nitrogens with one attached hydrogen (secondary N) is 1. The fourth-order valence-corrected chi connectivity index (χ4v) is 5.33. The molecule has 1 unspecified atom stereocenters. The average Bonchev–Trinajstić information content (AvgIpc) is 3.56. The molecule has 0 amide bonds. The van der Waals surface area contributed by atoms with Crippen LogP contribution in [0, 0.1) is 17.1 Å². The third kappa shape index (κ3) is 3.36. The summed E-state index contributed by atoms with van der Waals surface area (Å²) in [5.74, 6) is -1.32. The van der Waals surface area contributed by atoms with E-state index in [4.69, 9.17) is 4.74 Å².